The second-order valence-corrected chi connectivity index (χ2v) is 3.67. The van der Waals surface area contributed by atoms with E-state index in [-0.39, 0.29) is 5.75 Å². The molecule has 16 heavy (non-hydrogen) atoms. The summed E-state index contributed by atoms with van der Waals surface area (Å²) in [5.41, 5.74) is 1.22. The fourth-order valence-electron chi connectivity index (χ4n) is 1.87. The van der Waals surface area contributed by atoms with Gasteiger partial charge in [0.25, 0.3) is 0 Å². The van der Waals surface area contributed by atoms with Crippen molar-refractivity contribution in [3.63, 3.8) is 0 Å². The van der Waals surface area contributed by atoms with Gasteiger partial charge in [-0.25, -0.2) is 0 Å². The van der Waals surface area contributed by atoms with Crippen LogP contribution in [0.15, 0.2) is 18.2 Å². The molecule has 0 unspecified atom stereocenters. The molecule has 0 spiro atoms. The van der Waals surface area contributed by atoms with Crippen LogP contribution in [0, 0.1) is 0 Å². The number of amides is 1. The molecule has 0 atom stereocenters. The maximum Gasteiger partial charge on any atom is 0.211 e. The Morgan fingerprint density at radius 1 is 1.38 bits per heavy atom. The SMILES string of the molecule is O=CNc1cccc(N2CCNCC2)c1O. The molecule has 1 amide bonds. The van der Waals surface area contributed by atoms with Gasteiger partial charge in [-0.3, -0.25) is 4.79 Å². The van der Waals surface area contributed by atoms with Gasteiger partial charge in [-0.1, -0.05) is 6.07 Å². The Balaban J connectivity index is 2.25. The molecule has 1 aromatic carbocycles. The van der Waals surface area contributed by atoms with Gasteiger partial charge in [0.15, 0.2) is 5.75 Å². The lowest BCUT2D eigenvalue weighted by Crippen LogP contribution is -2.43. The number of carbonyl (C=O) groups excluding carboxylic acids is 1. The number of phenolic OH excluding ortho intramolecular Hbond substituents is 1. The van der Waals surface area contributed by atoms with Crippen molar-refractivity contribution >= 4 is 17.8 Å². The summed E-state index contributed by atoms with van der Waals surface area (Å²) in [6, 6.07) is 5.36. The number of nitrogens with zero attached hydrogens (tertiary/aromatic N) is 1. The maximum absolute atomic E-state index is 10.4. The Morgan fingerprint density at radius 3 is 2.81 bits per heavy atom. The van der Waals surface area contributed by atoms with Crippen LogP contribution in [0.25, 0.3) is 0 Å². The largest absolute Gasteiger partial charge is 0.504 e. The number of aromatic hydroxyl groups is 1. The van der Waals surface area contributed by atoms with Crippen LogP contribution in [0.3, 0.4) is 0 Å². The van der Waals surface area contributed by atoms with E-state index in [0.717, 1.165) is 31.9 Å². The van der Waals surface area contributed by atoms with E-state index in [1.54, 1.807) is 6.07 Å². The van der Waals surface area contributed by atoms with Crippen molar-refractivity contribution in [1.82, 2.24) is 5.32 Å². The van der Waals surface area contributed by atoms with E-state index in [9.17, 15) is 9.90 Å². The average molecular weight is 221 g/mol. The van der Waals surface area contributed by atoms with E-state index in [0.29, 0.717) is 12.1 Å². The number of carbonyl (C=O) groups is 1. The minimum atomic E-state index is 0.136. The van der Waals surface area contributed by atoms with Gasteiger partial charge in [0.1, 0.15) is 0 Å². The molecule has 0 aromatic heterocycles. The number of para-hydroxylation sites is 1. The molecule has 1 aliphatic heterocycles. The second-order valence-electron chi connectivity index (χ2n) is 3.67. The van der Waals surface area contributed by atoms with Crippen molar-refractivity contribution in [3.8, 4) is 5.75 Å². The third-order valence-corrected chi connectivity index (χ3v) is 2.69. The molecule has 0 bridgehead atoms. The highest BCUT2D eigenvalue weighted by Gasteiger charge is 2.15. The molecule has 0 aliphatic carbocycles. The van der Waals surface area contributed by atoms with Crippen LogP contribution in [-0.2, 0) is 4.79 Å². The first kappa shape index (κ1) is 10.8. The highest BCUT2D eigenvalue weighted by atomic mass is 16.3. The Morgan fingerprint density at radius 2 is 2.12 bits per heavy atom. The van der Waals surface area contributed by atoms with Crippen molar-refractivity contribution in [2.24, 2.45) is 0 Å². The average Bonchev–Trinajstić information content (AvgIpc) is 2.33. The molecule has 1 heterocycles. The molecule has 3 N–H and O–H groups in total. The van der Waals surface area contributed by atoms with Gasteiger partial charge < -0.3 is 20.6 Å². The summed E-state index contributed by atoms with van der Waals surface area (Å²) in [6.07, 6.45) is 0.566. The first-order valence-electron chi connectivity index (χ1n) is 5.31. The number of benzene rings is 1. The number of nitrogens with one attached hydrogen (secondary N) is 2. The van der Waals surface area contributed by atoms with Gasteiger partial charge in [-0.15, -0.1) is 0 Å². The van der Waals surface area contributed by atoms with Crippen LogP contribution in [0.1, 0.15) is 0 Å². The summed E-state index contributed by atoms with van der Waals surface area (Å²) in [5, 5.41) is 15.7. The van der Waals surface area contributed by atoms with Gasteiger partial charge in [0, 0.05) is 26.2 Å². The van der Waals surface area contributed by atoms with Crippen molar-refractivity contribution < 1.29 is 9.90 Å². The normalized spacial score (nSPS) is 15.9. The molecular weight excluding hydrogens is 206 g/mol. The monoisotopic (exact) mass is 221 g/mol. The number of piperazine rings is 1. The quantitative estimate of drug-likeness (QED) is 0.509. The molecule has 0 saturated carbocycles. The van der Waals surface area contributed by atoms with Crippen molar-refractivity contribution in [3.05, 3.63) is 18.2 Å². The molecule has 1 saturated heterocycles. The molecule has 1 aliphatic rings. The molecule has 5 heteroatoms. The van der Waals surface area contributed by atoms with Gasteiger partial charge in [0.05, 0.1) is 11.4 Å². The third-order valence-electron chi connectivity index (χ3n) is 2.69. The summed E-state index contributed by atoms with van der Waals surface area (Å²) < 4.78 is 0. The number of rotatable bonds is 3. The van der Waals surface area contributed by atoms with Crippen LogP contribution in [0.2, 0.25) is 0 Å². The summed E-state index contributed by atoms with van der Waals surface area (Å²) in [5.74, 6) is 0.136. The standard InChI is InChI=1S/C11H15N3O2/c15-8-13-9-2-1-3-10(11(9)16)14-6-4-12-5-7-14/h1-3,8,12,16H,4-7H2,(H,13,15). The molecule has 1 fully saturated rings. The Hall–Kier alpha value is -1.75. The highest BCUT2D eigenvalue weighted by molar-refractivity contribution is 5.80. The van der Waals surface area contributed by atoms with E-state index >= 15 is 0 Å². The van der Waals surface area contributed by atoms with Crippen LogP contribution in [-0.4, -0.2) is 37.7 Å². The summed E-state index contributed by atoms with van der Waals surface area (Å²) in [7, 11) is 0. The predicted molar refractivity (Wildman–Crippen MR) is 62.9 cm³/mol. The molecule has 2 rings (SSSR count). The van der Waals surface area contributed by atoms with Crippen molar-refractivity contribution in [2.75, 3.05) is 36.4 Å². The fraction of sp³-hybridized carbons (Fsp3) is 0.364. The zero-order chi connectivity index (χ0) is 11.4. The summed E-state index contributed by atoms with van der Waals surface area (Å²) >= 11 is 0. The Kier molecular flexibility index (Phi) is 3.26. The first-order valence-corrected chi connectivity index (χ1v) is 5.31. The maximum atomic E-state index is 10.4. The Bertz CT molecular complexity index is 375. The van der Waals surface area contributed by atoms with Crippen LogP contribution >= 0.6 is 0 Å². The lowest BCUT2D eigenvalue weighted by Gasteiger charge is -2.30. The van der Waals surface area contributed by atoms with Gasteiger partial charge in [-0.2, -0.15) is 0 Å². The van der Waals surface area contributed by atoms with Crippen LogP contribution in [0.4, 0.5) is 11.4 Å². The van der Waals surface area contributed by atoms with E-state index in [1.165, 1.54) is 0 Å². The smallest absolute Gasteiger partial charge is 0.211 e. The van der Waals surface area contributed by atoms with E-state index in [2.05, 4.69) is 15.5 Å². The Labute approximate surface area is 94.1 Å². The first-order chi connectivity index (χ1) is 7.83. The van der Waals surface area contributed by atoms with Crippen LogP contribution in [0.5, 0.6) is 5.75 Å². The number of hydrogen-bond acceptors (Lipinski definition) is 4. The predicted octanol–water partition coefficient (Wildman–Crippen LogP) is 0.370. The lowest BCUT2D eigenvalue weighted by atomic mass is 10.2. The topological polar surface area (TPSA) is 64.6 Å². The van der Waals surface area contributed by atoms with E-state index in [4.69, 9.17) is 0 Å². The summed E-state index contributed by atoms with van der Waals surface area (Å²) in [4.78, 5) is 12.5. The van der Waals surface area contributed by atoms with Gasteiger partial charge in [-0.05, 0) is 12.1 Å². The molecule has 1 aromatic rings. The lowest BCUT2D eigenvalue weighted by molar-refractivity contribution is -0.105. The molecular formula is C11H15N3O2. The second kappa shape index (κ2) is 4.85. The van der Waals surface area contributed by atoms with Crippen molar-refractivity contribution in [2.45, 2.75) is 0 Å². The van der Waals surface area contributed by atoms with Crippen molar-refractivity contribution in [1.29, 1.82) is 0 Å². The van der Waals surface area contributed by atoms with E-state index in [1.807, 2.05) is 12.1 Å². The molecule has 5 nitrogen and oxygen atoms in total. The van der Waals surface area contributed by atoms with Gasteiger partial charge >= 0.3 is 0 Å². The number of hydrogen-bond donors (Lipinski definition) is 3. The highest BCUT2D eigenvalue weighted by Crippen LogP contribution is 2.34. The number of anilines is 2. The third kappa shape index (κ3) is 2.09. The minimum absolute atomic E-state index is 0.136. The van der Waals surface area contributed by atoms with Crippen LogP contribution < -0.4 is 15.5 Å². The number of phenols is 1. The zero-order valence-corrected chi connectivity index (χ0v) is 8.94. The minimum Gasteiger partial charge on any atom is -0.504 e. The fourth-order valence-corrected chi connectivity index (χ4v) is 1.87. The summed E-state index contributed by atoms with van der Waals surface area (Å²) in [6.45, 7) is 3.53. The molecule has 86 valence electrons. The zero-order valence-electron chi connectivity index (χ0n) is 8.94. The van der Waals surface area contributed by atoms with Gasteiger partial charge in [0.2, 0.25) is 6.41 Å². The van der Waals surface area contributed by atoms with E-state index < -0.39 is 0 Å². The molecule has 0 radical (unpaired) electrons.